The molecule has 0 aromatic carbocycles. The topological polar surface area (TPSA) is 391 Å². The monoisotopic (exact) mass is 915 g/mol. The highest BCUT2D eigenvalue weighted by molar-refractivity contribution is 5.99. The van der Waals surface area contributed by atoms with E-state index in [-0.39, 0.29) is 37.0 Å². The number of hydrogen-bond acceptors (Lipinski definition) is 13. The number of hydrogen-bond donors (Lipinski definition) is 13. The van der Waals surface area contributed by atoms with Gasteiger partial charge in [-0.05, 0) is 56.8 Å². The van der Waals surface area contributed by atoms with E-state index in [1.165, 1.54) is 13.8 Å². The molecule has 0 spiro atoms. The highest BCUT2D eigenvalue weighted by Gasteiger charge is 2.37. The third kappa shape index (κ3) is 21.9. The summed E-state index contributed by atoms with van der Waals surface area (Å²) in [6.45, 7) is 15.4. The van der Waals surface area contributed by atoms with Gasteiger partial charge in [0.15, 0.2) is 0 Å². The van der Waals surface area contributed by atoms with E-state index in [0.29, 0.717) is 0 Å². The summed E-state index contributed by atoms with van der Waals surface area (Å²) in [6.07, 6.45) is -3.58. The second-order valence-corrected chi connectivity index (χ2v) is 17.2. The number of carboxylic acid groups (broad SMARTS) is 3. The molecule has 0 rings (SSSR count). The molecule has 24 nitrogen and oxygen atoms in total. The first-order valence-corrected chi connectivity index (χ1v) is 21.0. The Labute approximate surface area is 372 Å². The van der Waals surface area contributed by atoms with Gasteiger partial charge < -0.3 is 68.7 Å². The number of nitrogens with two attached hydrogens (primary N) is 1. The van der Waals surface area contributed by atoms with Crippen molar-refractivity contribution in [1.29, 1.82) is 0 Å². The molecule has 14 N–H and O–H groups in total. The fraction of sp³-hybridized carbons (Fsp3) is 0.725. The maximum absolute atomic E-state index is 13.9. The molecule has 8 amide bonds. The van der Waals surface area contributed by atoms with Crippen LogP contribution < -0.4 is 48.3 Å². The van der Waals surface area contributed by atoms with Crippen molar-refractivity contribution in [1.82, 2.24) is 42.5 Å². The Morgan fingerprint density at radius 3 is 1.11 bits per heavy atom. The molecule has 0 aliphatic heterocycles. The minimum atomic E-state index is -1.92. The van der Waals surface area contributed by atoms with Crippen molar-refractivity contribution in [3.63, 3.8) is 0 Å². The number of aliphatic hydroxyl groups is 1. The van der Waals surface area contributed by atoms with Crippen LogP contribution in [0.2, 0.25) is 0 Å². The van der Waals surface area contributed by atoms with Gasteiger partial charge in [0.05, 0.1) is 25.5 Å². The number of carbonyl (C=O) groups excluding carboxylic acids is 8. The largest absolute Gasteiger partial charge is 0.481 e. The summed E-state index contributed by atoms with van der Waals surface area (Å²) in [7, 11) is 0. The van der Waals surface area contributed by atoms with Crippen molar-refractivity contribution in [2.45, 2.75) is 156 Å². The van der Waals surface area contributed by atoms with Crippen LogP contribution in [0.15, 0.2) is 0 Å². The van der Waals surface area contributed by atoms with E-state index in [1.54, 1.807) is 55.4 Å². The van der Waals surface area contributed by atoms with Gasteiger partial charge in [0.25, 0.3) is 0 Å². The summed E-state index contributed by atoms with van der Waals surface area (Å²) in [6, 6.07) is -12.2. The molecule has 0 fully saturated rings. The third-order valence-corrected chi connectivity index (χ3v) is 9.29. The molecule has 0 aliphatic carbocycles. The van der Waals surface area contributed by atoms with Gasteiger partial charge in [-0.25, -0.2) is 4.79 Å². The van der Waals surface area contributed by atoms with Gasteiger partial charge in [0, 0.05) is 0 Å². The highest BCUT2D eigenvalue weighted by Crippen LogP contribution is 2.13. The zero-order chi connectivity index (χ0) is 49.8. The summed E-state index contributed by atoms with van der Waals surface area (Å²) >= 11 is 0. The van der Waals surface area contributed by atoms with Crippen molar-refractivity contribution < 1.29 is 73.2 Å². The van der Waals surface area contributed by atoms with Gasteiger partial charge in [-0.3, -0.25) is 47.9 Å². The zero-order valence-corrected chi connectivity index (χ0v) is 38.1. The average Bonchev–Trinajstić information content (AvgIpc) is 3.15. The molecule has 9 atom stereocenters. The number of rotatable bonds is 29. The molecule has 0 saturated heterocycles. The fourth-order valence-corrected chi connectivity index (χ4v) is 6.04. The van der Waals surface area contributed by atoms with Crippen LogP contribution in [0.5, 0.6) is 0 Å². The van der Waals surface area contributed by atoms with Gasteiger partial charge in [0.2, 0.25) is 47.3 Å². The molecule has 0 unspecified atom stereocenters. The normalized spacial score (nSPS) is 15.5. The SMILES string of the molecule is CC(C)C[C@H](NC(=O)[C@@H](NC(=O)[C@H](CC(C)C)NC(=O)[C@@H](NC(=O)[C@H](CC(C)C)NC(=O)[C@H](CC(=O)O)NC(=O)[C@H](CC(=O)O)NC(=O)[C@H](C)NC(=O)CN)C(C)C)[C@@H](C)O)C(=O)O. The van der Waals surface area contributed by atoms with E-state index in [4.69, 9.17) is 5.73 Å². The van der Waals surface area contributed by atoms with E-state index in [2.05, 4.69) is 42.5 Å². The second kappa shape index (κ2) is 28.0. The Morgan fingerprint density at radius 1 is 0.422 bits per heavy atom. The van der Waals surface area contributed by atoms with Gasteiger partial charge >= 0.3 is 17.9 Å². The Hall–Kier alpha value is -5.91. The lowest BCUT2D eigenvalue weighted by atomic mass is 9.98. The van der Waals surface area contributed by atoms with Crippen LogP contribution in [0.25, 0.3) is 0 Å². The smallest absolute Gasteiger partial charge is 0.326 e. The van der Waals surface area contributed by atoms with Crippen LogP contribution in [0, 0.1) is 23.7 Å². The summed E-state index contributed by atoms with van der Waals surface area (Å²) < 4.78 is 0. The number of carbonyl (C=O) groups is 11. The predicted octanol–water partition coefficient (Wildman–Crippen LogP) is -2.95. The number of aliphatic hydroxyl groups excluding tert-OH is 1. The van der Waals surface area contributed by atoms with Crippen molar-refractivity contribution in [2.75, 3.05) is 6.54 Å². The van der Waals surface area contributed by atoms with Crippen LogP contribution >= 0.6 is 0 Å². The molecule has 0 radical (unpaired) electrons. The molecule has 0 aromatic rings. The summed E-state index contributed by atoms with van der Waals surface area (Å²) in [5.41, 5.74) is 5.23. The van der Waals surface area contributed by atoms with Gasteiger partial charge in [-0.15, -0.1) is 0 Å². The Bertz CT molecular complexity index is 1670. The van der Waals surface area contributed by atoms with Crippen LogP contribution in [0.4, 0.5) is 0 Å². The van der Waals surface area contributed by atoms with Crippen molar-refractivity contribution in [3.8, 4) is 0 Å². The Balaban J connectivity index is 6.43. The number of aliphatic carboxylic acids is 3. The lowest BCUT2D eigenvalue weighted by Crippen LogP contribution is -2.62. The minimum absolute atomic E-state index is 0.0131. The van der Waals surface area contributed by atoms with Crippen LogP contribution in [-0.4, -0.2) is 147 Å². The molecule has 0 aromatic heterocycles. The molecule has 64 heavy (non-hydrogen) atoms. The molecular weight excluding hydrogens is 846 g/mol. The molecular formula is C40H69N9O15. The maximum Gasteiger partial charge on any atom is 0.326 e. The first kappa shape index (κ1) is 58.1. The number of carboxylic acids is 3. The Kier molecular flexibility index (Phi) is 25.4. The van der Waals surface area contributed by atoms with Gasteiger partial charge in [-0.2, -0.15) is 0 Å². The van der Waals surface area contributed by atoms with Gasteiger partial charge in [-0.1, -0.05) is 55.4 Å². The number of amides is 8. The van der Waals surface area contributed by atoms with E-state index >= 15 is 0 Å². The molecule has 0 heterocycles. The summed E-state index contributed by atoms with van der Waals surface area (Å²) in [5.74, 6) is -13.7. The van der Waals surface area contributed by atoms with Gasteiger partial charge in [0.1, 0.15) is 48.3 Å². The van der Waals surface area contributed by atoms with Crippen LogP contribution in [-0.2, 0) is 52.7 Å². The van der Waals surface area contributed by atoms with E-state index < -0.39 is 145 Å². The molecule has 0 aliphatic rings. The number of nitrogens with one attached hydrogen (secondary N) is 8. The van der Waals surface area contributed by atoms with Crippen LogP contribution in [0.3, 0.4) is 0 Å². The second-order valence-electron chi connectivity index (χ2n) is 17.2. The fourth-order valence-electron chi connectivity index (χ4n) is 6.04. The highest BCUT2D eigenvalue weighted by atomic mass is 16.4. The molecule has 0 saturated carbocycles. The molecule has 24 heteroatoms. The zero-order valence-electron chi connectivity index (χ0n) is 38.1. The standard InChI is InChI=1S/C40H69N9O15/c1-17(2)11-23(44-35(58)26(15-30(54)55)45-34(57)25(14-29(52)53)43-33(56)21(9)42-28(51)16-41)36(59)48-31(20(7)8)38(61)46-24(12-18(3)4)37(60)49-32(22(10)50)39(62)47-27(40(63)64)13-19(5)6/h17-27,31-32,50H,11-16,41H2,1-10H3,(H,42,51)(H,43,56)(H,44,58)(H,45,57)(H,46,61)(H,47,62)(H,48,59)(H,49,60)(H,52,53)(H,54,55)(H,63,64)/t21-,22+,23-,24-,25-,26-,27-,31-,32-/m0/s1. The first-order valence-electron chi connectivity index (χ1n) is 21.0. The third-order valence-electron chi connectivity index (χ3n) is 9.29. The first-order chi connectivity index (χ1) is 29.5. The van der Waals surface area contributed by atoms with Crippen molar-refractivity contribution in [3.05, 3.63) is 0 Å². The quantitative estimate of drug-likeness (QED) is 0.0357. The predicted molar refractivity (Wildman–Crippen MR) is 227 cm³/mol. The molecule has 364 valence electrons. The lowest BCUT2D eigenvalue weighted by molar-refractivity contribution is -0.143. The average molecular weight is 916 g/mol. The van der Waals surface area contributed by atoms with E-state index in [1.807, 2.05) is 0 Å². The van der Waals surface area contributed by atoms with E-state index in [0.717, 1.165) is 0 Å². The Morgan fingerprint density at radius 2 is 0.750 bits per heavy atom. The van der Waals surface area contributed by atoms with E-state index in [9.17, 15) is 73.2 Å². The lowest BCUT2D eigenvalue weighted by Gasteiger charge is -2.30. The summed E-state index contributed by atoms with van der Waals surface area (Å²) in [5, 5.41) is 57.6. The molecule has 0 bridgehead atoms. The minimum Gasteiger partial charge on any atom is -0.481 e. The maximum atomic E-state index is 13.9. The van der Waals surface area contributed by atoms with Crippen LogP contribution in [0.1, 0.15) is 101 Å². The van der Waals surface area contributed by atoms with Crippen molar-refractivity contribution >= 4 is 65.2 Å². The van der Waals surface area contributed by atoms with Crippen molar-refractivity contribution in [2.24, 2.45) is 29.4 Å². The summed E-state index contributed by atoms with van der Waals surface area (Å²) in [4.78, 5) is 141.